The fraction of sp³-hybridized carbons (Fsp3) is 0.296. The second kappa shape index (κ2) is 14.5. The predicted octanol–water partition coefficient (Wildman–Crippen LogP) is 3.62. The molecule has 0 saturated carbocycles. The van der Waals surface area contributed by atoms with Gasteiger partial charge in [0.2, 0.25) is 0 Å². The van der Waals surface area contributed by atoms with Gasteiger partial charge in [-0.15, -0.1) is 0 Å². The van der Waals surface area contributed by atoms with Crippen LogP contribution in [-0.2, 0) is 20.2 Å². The van der Waals surface area contributed by atoms with E-state index in [-0.39, 0.29) is 40.6 Å². The summed E-state index contributed by atoms with van der Waals surface area (Å²) in [5, 5.41) is 0. The SMILES string of the molecule is CCN(CC)c1ccc(C(=C2C=CC(=[N+](CC)CC)C=C2)c2ccc(S(=O)(=O)O)cc2S(=O)(=O)O)cc1.[NaH].[OH-]. The summed E-state index contributed by atoms with van der Waals surface area (Å²) in [4.78, 5) is 0.933. The average Bonchev–Trinajstić information content (AvgIpc) is 2.86. The third kappa shape index (κ3) is 8.21. The van der Waals surface area contributed by atoms with Gasteiger partial charge in [-0.2, -0.15) is 16.8 Å². The maximum Gasteiger partial charge on any atom is -0.870 e. The van der Waals surface area contributed by atoms with Gasteiger partial charge in [-0.05, 0) is 80.8 Å². The van der Waals surface area contributed by atoms with E-state index in [1.165, 1.54) is 6.07 Å². The first-order valence-electron chi connectivity index (χ1n) is 12.1. The summed E-state index contributed by atoms with van der Waals surface area (Å²) in [6.07, 6.45) is 7.61. The molecule has 9 nitrogen and oxygen atoms in total. The van der Waals surface area contributed by atoms with E-state index in [9.17, 15) is 25.9 Å². The van der Waals surface area contributed by atoms with Gasteiger partial charge in [0.1, 0.15) is 18.0 Å². The first kappa shape index (κ1) is 34.9. The summed E-state index contributed by atoms with van der Waals surface area (Å²) in [5.74, 6) is 0. The summed E-state index contributed by atoms with van der Waals surface area (Å²) < 4.78 is 69.9. The Balaban J connectivity index is 0.00000380. The standard InChI is InChI=1S/C27H32N2O6S2.Na.H2O.H/c1-5-28(6-2)22-13-9-20(10-14-22)27(21-11-15-23(16-12-21)29(7-3)8-4)25-18-17-24(36(30,31)32)19-26(25)37(33,34)35;;;/h9-19H,5-8H2,1-4H3,(H-,30,31,32,33,34,35);;1H2;. The van der Waals surface area contributed by atoms with Crippen molar-refractivity contribution in [1.82, 2.24) is 0 Å². The maximum absolute atomic E-state index is 12.4. The summed E-state index contributed by atoms with van der Waals surface area (Å²) in [7, 11) is -9.54. The molecule has 208 valence electrons. The van der Waals surface area contributed by atoms with E-state index < -0.39 is 30.0 Å². The van der Waals surface area contributed by atoms with Crippen molar-refractivity contribution >= 4 is 66.8 Å². The Morgan fingerprint density at radius 1 is 0.795 bits per heavy atom. The van der Waals surface area contributed by atoms with E-state index in [0.717, 1.165) is 49.7 Å². The molecule has 0 spiro atoms. The molecule has 2 aromatic rings. The molecule has 3 rings (SSSR count). The normalized spacial score (nSPS) is 13.0. The van der Waals surface area contributed by atoms with Crippen molar-refractivity contribution in [2.75, 3.05) is 31.1 Å². The summed E-state index contributed by atoms with van der Waals surface area (Å²) in [6, 6.07) is 10.8. The monoisotopic (exact) mass is 586 g/mol. The van der Waals surface area contributed by atoms with Gasteiger partial charge >= 0.3 is 29.6 Å². The first-order valence-corrected chi connectivity index (χ1v) is 15.0. The molecule has 0 aliphatic heterocycles. The Hall–Kier alpha value is -2.09. The number of allylic oxidation sites excluding steroid dienone is 5. The average molecular weight is 587 g/mol. The van der Waals surface area contributed by atoms with E-state index >= 15 is 0 Å². The molecule has 0 bridgehead atoms. The Kier molecular flexibility index (Phi) is 13.0. The van der Waals surface area contributed by atoms with Crippen molar-refractivity contribution in [3.8, 4) is 0 Å². The molecule has 0 fully saturated rings. The molecule has 0 aromatic heterocycles. The molecule has 2 aromatic carbocycles. The summed E-state index contributed by atoms with van der Waals surface area (Å²) in [5.41, 5.74) is 3.96. The molecular formula is C27H35N2NaO7S2. The zero-order valence-corrected chi connectivity index (χ0v) is 23.5. The van der Waals surface area contributed by atoms with Crippen LogP contribution in [0.15, 0.2) is 82.1 Å². The van der Waals surface area contributed by atoms with Crippen LogP contribution in [0.5, 0.6) is 0 Å². The molecule has 0 unspecified atom stereocenters. The van der Waals surface area contributed by atoms with Gasteiger partial charge in [0, 0.05) is 36.5 Å². The van der Waals surface area contributed by atoms with Crippen LogP contribution in [-0.4, -0.2) is 97.4 Å². The molecule has 3 N–H and O–H groups in total. The van der Waals surface area contributed by atoms with Gasteiger partial charge in [-0.25, -0.2) is 4.58 Å². The van der Waals surface area contributed by atoms with Crippen LogP contribution >= 0.6 is 0 Å². The van der Waals surface area contributed by atoms with Crippen LogP contribution < -0.4 is 4.90 Å². The van der Waals surface area contributed by atoms with E-state index in [2.05, 4.69) is 37.2 Å². The molecular weight excluding hydrogens is 551 g/mol. The van der Waals surface area contributed by atoms with Crippen LogP contribution in [0, 0.1) is 0 Å². The van der Waals surface area contributed by atoms with Crippen LogP contribution in [0.1, 0.15) is 38.8 Å². The second-order valence-corrected chi connectivity index (χ2v) is 11.2. The Labute approximate surface area is 253 Å². The predicted molar refractivity (Wildman–Crippen MR) is 156 cm³/mol. The van der Waals surface area contributed by atoms with Crippen LogP contribution in [0.2, 0.25) is 0 Å². The van der Waals surface area contributed by atoms with Gasteiger partial charge in [0.05, 0.1) is 4.90 Å². The number of rotatable bonds is 9. The summed E-state index contributed by atoms with van der Waals surface area (Å²) >= 11 is 0. The minimum atomic E-state index is -4.85. The van der Waals surface area contributed by atoms with Crippen LogP contribution in [0.4, 0.5) is 5.69 Å². The third-order valence-electron chi connectivity index (χ3n) is 6.37. The third-order valence-corrected chi connectivity index (χ3v) is 8.11. The van der Waals surface area contributed by atoms with Crippen LogP contribution in [0.25, 0.3) is 5.57 Å². The fourth-order valence-electron chi connectivity index (χ4n) is 4.42. The summed E-state index contributed by atoms with van der Waals surface area (Å²) in [6.45, 7) is 11.5. The number of nitrogens with zero attached hydrogens (tertiary/aromatic N) is 2. The van der Waals surface area contributed by atoms with Gasteiger partial charge in [0.15, 0.2) is 5.71 Å². The fourth-order valence-corrected chi connectivity index (χ4v) is 5.72. The van der Waals surface area contributed by atoms with E-state index in [1.54, 1.807) is 0 Å². The van der Waals surface area contributed by atoms with E-state index in [0.29, 0.717) is 16.7 Å². The molecule has 1 aliphatic rings. The molecule has 0 atom stereocenters. The van der Waals surface area contributed by atoms with Crippen LogP contribution in [0.3, 0.4) is 0 Å². The largest absolute Gasteiger partial charge is 0.870 e. The van der Waals surface area contributed by atoms with Crippen molar-refractivity contribution < 1.29 is 36.0 Å². The van der Waals surface area contributed by atoms with Crippen molar-refractivity contribution in [1.29, 1.82) is 0 Å². The van der Waals surface area contributed by atoms with Crippen molar-refractivity contribution in [2.24, 2.45) is 0 Å². The van der Waals surface area contributed by atoms with Gasteiger partial charge in [-0.3, -0.25) is 9.11 Å². The Bertz CT molecular complexity index is 1480. The van der Waals surface area contributed by atoms with Crippen molar-refractivity contribution in [3.05, 3.63) is 83.5 Å². The topological polar surface area (TPSA) is 145 Å². The number of benzene rings is 2. The van der Waals surface area contributed by atoms with E-state index in [4.69, 9.17) is 0 Å². The smallest absolute Gasteiger partial charge is 0.870 e. The number of hydrogen-bond donors (Lipinski definition) is 2. The van der Waals surface area contributed by atoms with Crippen molar-refractivity contribution in [3.63, 3.8) is 0 Å². The molecule has 0 saturated heterocycles. The van der Waals surface area contributed by atoms with E-state index in [1.807, 2.05) is 48.6 Å². The maximum atomic E-state index is 12.4. The Morgan fingerprint density at radius 2 is 1.33 bits per heavy atom. The number of hydrogen-bond acceptors (Lipinski definition) is 6. The minimum absolute atomic E-state index is 0. The van der Waals surface area contributed by atoms with Gasteiger partial charge < -0.3 is 10.4 Å². The molecule has 39 heavy (non-hydrogen) atoms. The minimum Gasteiger partial charge on any atom is -0.870 e. The molecule has 0 amide bonds. The first-order chi connectivity index (χ1) is 17.4. The molecule has 1 aliphatic carbocycles. The molecule has 0 radical (unpaired) electrons. The van der Waals surface area contributed by atoms with Gasteiger partial charge in [-0.1, -0.05) is 18.2 Å². The van der Waals surface area contributed by atoms with Crippen molar-refractivity contribution in [2.45, 2.75) is 37.5 Å². The Morgan fingerprint density at radius 3 is 1.77 bits per heavy atom. The zero-order valence-electron chi connectivity index (χ0n) is 21.9. The number of anilines is 1. The molecule has 0 heterocycles. The van der Waals surface area contributed by atoms with Gasteiger partial charge in [0.25, 0.3) is 20.2 Å². The molecule has 12 heteroatoms. The zero-order chi connectivity index (χ0) is 27.4. The second-order valence-electron chi connectivity index (χ2n) is 8.42. The quantitative estimate of drug-likeness (QED) is 0.258.